The van der Waals surface area contributed by atoms with Crippen LogP contribution < -0.4 is 11.1 Å². The van der Waals surface area contributed by atoms with E-state index in [2.05, 4.69) is 10.2 Å². The molecule has 1 saturated heterocycles. The van der Waals surface area contributed by atoms with Gasteiger partial charge in [0.25, 0.3) is 0 Å². The number of carbonyl (C=O) groups is 1. The fourth-order valence-corrected chi connectivity index (χ4v) is 2.01. The van der Waals surface area contributed by atoms with Gasteiger partial charge in [-0.2, -0.15) is 0 Å². The molecule has 1 atom stereocenters. The third-order valence-electron chi connectivity index (χ3n) is 2.63. The second kappa shape index (κ2) is 4.94. The molecule has 4 heteroatoms. The Morgan fingerprint density at radius 2 is 2.20 bits per heavy atom. The lowest BCUT2D eigenvalue weighted by molar-refractivity contribution is -0.123. The molecule has 0 spiro atoms. The number of likely N-dealkylation sites (tertiary alicyclic amines) is 1. The van der Waals surface area contributed by atoms with Crippen molar-refractivity contribution < 1.29 is 4.79 Å². The van der Waals surface area contributed by atoms with Gasteiger partial charge < -0.3 is 11.1 Å². The summed E-state index contributed by atoms with van der Waals surface area (Å²) in [5.41, 5.74) is 5.51. The standard InChI is InChI=1S/C11H23N3O/c1-11(2,3)13-10(15)8-14-6-4-5-9(14)7-12/h9H,4-8,12H2,1-3H3,(H,13,15). The summed E-state index contributed by atoms with van der Waals surface area (Å²) in [5.74, 6) is 0.0999. The van der Waals surface area contributed by atoms with E-state index in [0.717, 1.165) is 19.4 Å². The minimum Gasteiger partial charge on any atom is -0.350 e. The molecule has 4 nitrogen and oxygen atoms in total. The fraction of sp³-hybridized carbons (Fsp3) is 0.909. The molecule has 1 unspecified atom stereocenters. The molecule has 0 aromatic heterocycles. The number of hydrogen-bond acceptors (Lipinski definition) is 3. The fourth-order valence-electron chi connectivity index (χ4n) is 2.01. The van der Waals surface area contributed by atoms with E-state index in [9.17, 15) is 4.79 Å². The molecule has 0 aromatic rings. The number of carbonyl (C=O) groups excluding carboxylic acids is 1. The van der Waals surface area contributed by atoms with Crippen LogP contribution in [0.2, 0.25) is 0 Å². The van der Waals surface area contributed by atoms with Crippen LogP contribution in [-0.2, 0) is 4.79 Å². The SMILES string of the molecule is CC(C)(C)NC(=O)CN1CCCC1CN. The highest BCUT2D eigenvalue weighted by Crippen LogP contribution is 2.15. The maximum absolute atomic E-state index is 11.7. The molecule has 1 amide bonds. The maximum atomic E-state index is 11.7. The number of nitrogens with two attached hydrogens (primary N) is 1. The van der Waals surface area contributed by atoms with Crippen molar-refractivity contribution in [3.05, 3.63) is 0 Å². The first kappa shape index (κ1) is 12.5. The Bertz CT molecular complexity index is 222. The lowest BCUT2D eigenvalue weighted by atomic mass is 10.1. The average Bonchev–Trinajstić information content (AvgIpc) is 2.48. The third kappa shape index (κ3) is 4.18. The topological polar surface area (TPSA) is 58.4 Å². The Balaban J connectivity index is 2.37. The smallest absolute Gasteiger partial charge is 0.234 e. The van der Waals surface area contributed by atoms with Crippen molar-refractivity contribution in [2.75, 3.05) is 19.6 Å². The van der Waals surface area contributed by atoms with Gasteiger partial charge in [-0.25, -0.2) is 0 Å². The summed E-state index contributed by atoms with van der Waals surface area (Å²) in [6, 6.07) is 0.399. The van der Waals surface area contributed by atoms with Gasteiger partial charge in [0, 0.05) is 18.1 Å². The molecule has 0 radical (unpaired) electrons. The van der Waals surface area contributed by atoms with Gasteiger partial charge in [0.1, 0.15) is 0 Å². The summed E-state index contributed by atoms with van der Waals surface area (Å²) in [6.07, 6.45) is 2.28. The summed E-state index contributed by atoms with van der Waals surface area (Å²) >= 11 is 0. The van der Waals surface area contributed by atoms with E-state index in [-0.39, 0.29) is 11.4 Å². The van der Waals surface area contributed by atoms with Gasteiger partial charge in [-0.15, -0.1) is 0 Å². The van der Waals surface area contributed by atoms with Crippen LogP contribution in [0, 0.1) is 0 Å². The van der Waals surface area contributed by atoms with Crippen LogP contribution in [0.5, 0.6) is 0 Å². The van der Waals surface area contributed by atoms with Crippen LogP contribution in [0.3, 0.4) is 0 Å². The summed E-state index contributed by atoms with van der Waals surface area (Å²) in [4.78, 5) is 13.9. The van der Waals surface area contributed by atoms with E-state index in [0.29, 0.717) is 19.1 Å². The van der Waals surface area contributed by atoms with Crippen molar-refractivity contribution in [2.45, 2.75) is 45.2 Å². The molecule has 1 fully saturated rings. The number of nitrogens with one attached hydrogen (secondary N) is 1. The first-order valence-corrected chi connectivity index (χ1v) is 5.67. The summed E-state index contributed by atoms with van der Waals surface area (Å²) in [5, 5.41) is 2.97. The predicted molar refractivity (Wildman–Crippen MR) is 61.5 cm³/mol. The van der Waals surface area contributed by atoms with E-state index >= 15 is 0 Å². The van der Waals surface area contributed by atoms with Gasteiger partial charge in [-0.05, 0) is 40.2 Å². The molecule has 0 bridgehead atoms. The highest BCUT2D eigenvalue weighted by molar-refractivity contribution is 5.78. The first-order valence-electron chi connectivity index (χ1n) is 5.67. The van der Waals surface area contributed by atoms with Crippen molar-refractivity contribution in [1.29, 1.82) is 0 Å². The van der Waals surface area contributed by atoms with Gasteiger partial charge in [0.2, 0.25) is 5.91 Å². The second-order valence-electron chi connectivity index (χ2n) is 5.30. The Hall–Kier alpha value is -0.610. The Morgan fingerprint density at radius 3 is 2.73 bits per heavy atom. The zero-order valence-electron chi connectivity index (χ0n) is 10.0. The van der Waals surface area contributed by atoms with Crippen LogP contribution >= 0.6 is 0 Å². The van der Waals surface area contributed by atoms with Crippen LogP contribution in [0.1, 0.15) is 33.6 Å². The average molecular weight is 213 g/mol. The highest BCUT2D eigenvalue weighted by atomic mass is 16.2. The van der Waals surface area contributed by atoms with Crippen LogP contribution in [0.15, 0.2) is 0 Å². The molecule has 0 aromatic carbocycles. The Kier molecular flexibility index (Phi) is 4.11. The van der Waals surface area contributed by atoms with Gasteiger partial charge >= 0.3 is 0 Å². The maximum Gasteiger partial charge on any atom is 0.234 e. The van der Waals surface area contributed by atoms with E-state index in [1.165, 1.54) is 0 Å². The summed E-state index contributed by atoms with van der Waals surface area (Å²) < 4.78 is 0. The number of nitrogens with zero attached hydrogens (tertiary/aromatic N) is 1. The van der Waals surface area contributed by atoms with Gasteiger partial charge in [-0.1, -0.05) is 0 Å². The van der Waals surface area contributed by atoms with Crippen molar-refractivity contribution in [3.63, 3.8) is 0 Å². The molecule has 0 aliphatic carbocycles. The van der Waals surface area contributed by atoms with E-state index < -0.39 is 0 Å². The number of amides is 1. The van der Waals surface area contributed by atoms with E-state index in [1.807, 2.05) is 20.8 Å². The van der Waals surface area contributed by atoms with Gasteiger partial charge in [0.05, 0.1) is 6.54 Å². The van der Waals surface area contributed by atoms with E-state index in [4.69, 9.17) is 5.73 Å². The van der Waals surface area contributed by atoms with Crippen molar-refractivity contribution >= 4 is 5.91 Å². The highest BCUT2D eigenvalue weighted by Gasteiger charge is 2.25. The molecule has 1 aliphatic rings. The van der Waals surface area contributed by atoms with Crippen molar-refractivity contribution in [2.24, 2.45) is 5.73 Å². The molecule has 1 heterocycles. The molecular formula is C11H23N3O. The normalized spacial score (nSPS) is 23.1. The Labute approximate surface area is 92.2 Å². The first-order chi connectivity index (χ1) is 6.92. The Morgan fingerprint density at radius 1 is 1.53 bits per heavy atom. The number of hydrogen-bond donors (Lipinski definition) is 2. The predicted octanol–water partition coefficient (Wildman–Crippen LogP) is 0.324. The molecule has 1 rings (SSSR count). The lowest BCUT2D eigenvalue weighted by Crippen LogP contribution is -2.48. The van der Waals surface area contributed by atoms with E-state index in [1.54, 1.807) is 0 Å². The molecule has 1 aliphatic heterocycles. The molecule has 3 N–H and O–H groups in total. The van der Waals surface area contributed by atoms with Crippen LogP contribution in [0.25, 0.3) is 0 Å². The largest absolute Gasteiger partial charge is 0.350 e. The van der Waals surface area contributed by atoms with Crippen molar-refractivity contribution in [3.8, 4) is 0 Å². The summed E-state index contributed by atoms with van der Waals surface area (Å²) in [7, 11) is 0. The molecule has 0 saturated carbocycles. The molecule has 15 heavy (non-hydrogen) atoms. The summed E-state index contributed by atoms with van der Waals surface area (Å²) in [6.45, 7) is 8.13. The number of rotatable bonds is 3. The quantitative estimate of drug-likeness (QED) is 0.710. The van der Waals surface area contributed by atoms with Crippen LogP contribution in [-0.4, -0.2) is 42.0 Å². The van der Waals surface area contributed by atoms with Crippen molar-refractivity contribution in [1.82, 2.24) is 10.2 Å². The van der Waals surface area contributed by atoms with Gasteiger partial charge in [0.15, 0.2) is 0 Å². The third-order valence-corrected chi connectivity index (χ3v) is 2.63. The minimum atomic E-state index is -0.144. The lowest BCUT2D eigenvalue weighted by Gasteiger charge is -2.26. The van der Waals surface area contributed by atoms with Gasteiger partial charge in [-0.3, -0.25) is 9.69 Å². The molecule has 88 valence electrons. The monoisotopic (exact) mass is 213 g/mol. The van der Waals surface area contributed by atoms with Crippen LogP contribution in [0.4, 0.5) is 0 Å². The minimum absolute atomic E-state index is 0.0999. The molecular weight excluding hydrogens is 190 g/mol. The zero-order valence-corrected chi connectivity index (χ0v) is 10.0. The zero-order chi connectivity index (χ0) is 11.5. The second-order valence-corrected chi connectivity index (χ2v) is 5.30.